The number of morpholine rings is 1. The van der Waals surface area contributed by atoms with Crippen molar-refractivity contribution in [3.63, 3.8) is 0 Å². The molecule has 1 saturated heterocycles. The van der Waals surface area contributed by atoms with Crippen LogP contribution < -0.4 is 0 Å². The van der Waals surface area contributed by atoms with Gasteiger partial charge in [0.2, 0.25) is 0 Å². The summed E-state index contributed by atoms with van der Waals surface area (Å²) in [5.41, 5.74) is 0. The van der Waals surface area contributed by atoms with Crippen molar-refractivity contribution < 1.29 is 19.7 Å². The lowest BCUT2D eigenvalue weighted by Crippen LogP contribution is -2.48. The van der Waals surface area contributed by atoms with E-state index in [0.29, 0.717) is 6.54 Å². The van der Waals surface area contributed by atoms with Crippen LogP contribution in [0.1, 0.15) is 20.3 Å². The first-order valence-corrected chi connectivity index (χ1v) is 5.25. The number of hydrogen-bond donors (Lipinski definition) is 2. The highest BCUT2D eigenvalue weighted by atomic mass is 16.5. The molecule has 0 spiro atoms. The Morgan fingerprint density at radius 3 is 2.47 bits per heavy atom. The maximum Gasteiger partial charge on any atom is 0.306 e. The van der Waals surface area contributed by atoms with E-state index in [2.05, 4.69) is 0 Å². The summed E-state index contributed by atoms with van der Waals surface area (Å²) in [4.78, 5) is 12.4. The Kier molecular flexibility index (Phi) is 4.50. The highest BCUT2D eigenvalue weighted by Gasteiger charge is 2.24. The van der Waals surface area contributed by atoms with Gasteiger partial charge in [-0.15, -0.1) is 0 Å². The topological polar surface area (TPSA) is 70.0 Å². The average molecular weight is 217 g/mol. The molecule has 0 aromatic carbocycles. The molecule has 0 aromatic rings. The summed E-state index contributed by atoms with van der Waals surface area (Å²) < 4.78 is 5.54. The predicted octanol–water partition coefficient (Wildman–Crippen LogP) is -0.0688. The Balaban J connectivity index is 2.33. The third-order valence-electron chi connectivity index (χ3n) is 2.37. The largest absolute Gasteiger partial charge is 0.481 e. The first-order valence-electron chi connectivity index (χ1n) is 5.25. The number of aliphatic carboxylic acids is 1. The van der Waals surface area contributed by atoms with Crippen LogP contribution in [0.3, 0.4) is 0 Å². The molecular weight excluding hydrogens is 198 g/mol. The minimum Gasteiger partial charge on any atom is -0.481 e. The van der Waals surface area contributed by atoms with E-state index in [4.69, 9.17) is 9.84 Å². The summed E-state index contributed by atoms with van der Waals surface area (Å²) >= 11 is 0. The average Bonchev–Trinajstić information content (AvgIpc) is 1.98. The number of aliphatic hydroxyl groups is 1. The van der Waals surface area contributed by atoms with E-state index in [0.717, 1.165) is 13.1 Å². The maximum absolute atomic E-state index is 10.4. The van der Waals surface area contributed by atoms with Gasteiger partial charge in [-0.1, -0.05) is 0 Å². The van der Waals surface area contributed by atoms with Gasteiger partial charge in [0.25, 0.3) is 0 Å². The van der Waals surface area contributed by atoms with Gasteiger partial charge in [0.15, 0.2) is 0 Å². The third kappa shape index (κ3) is 4.59. The van der Waals surface area contributed by atoms with E-state index in [1.54, 1.807) is 0 Å². The van der Waals surface area contributed by atoms with Crippen LogP contribution in [-0.4, -0.2) is 59.0 Å². The summed E-state index contributed by atoms with van der Waals surface area (Å²) in [6.45, 7) is 5.87. The Morgan fingerprint density at radius 2 is 2.00 bits per heavy atom. The minimum atomic E-state index is -0.961. The van der Waals surface area contributed by atoms with E-state index in [1.165, 1.54) is 0 Å². The lowest BCUT2D eigenvalue weighted by Gasteiger charge is -2.36. The van der Waals surface area contributed by atoms with Gasteiger partial charge in [-0.2, -0.15) is 0 Å². The quantitative estimate of drug-likeness (QED) is 0.690. The van der Waals surface area contributed by atoms with Crippen molar-refractivity contribution >= 4 is 5.97 Å². The van der Waals surface area contributed by atoms with Crippen LogP contribution in [0.15, 0.2) is 0 Å². The van der Waals surface area contributed by atoms with Gasteiger partial charge in [-0.3, -0.25) is 9.69 Å². The van der Waals surface area contributed by atoms with E-state index >= 15 is 0 Å². The molecule has 0 saturated carbocycles. The fourth-order valence-corrected chi connectivity index (χ4v) is 2.00. The molecule has 5 heteroatoms. The SMILES string of the molecule is CC1CN(CC(O)CC(=O)O)CC(C)O1. The van der Waals surface area contributed by atoms with Crippen molar-refractivity contribution in [2.24, 2.45) is 0 Å². The molecule has 1 rings (SSSR count). The summed E-state index contributed by atoms with van der Waals surface area (Å²) in [5, 5.41) is 18.0. The van der Waals surface area contributed by atoms with E-state index in [-0.39, 0.29) is 18.6 Å². The molecule has 0 amide bonds. The Bertz CT molecular complexity index is 211. The second-order valence-corrected chi connectivity index (χ2v) is 4.23. The fourth-order valence-electron chi connectivity index (χ4n) is 2.00. The van der Waals surface area contributed by atoms with E-state index in [1.807, 2.05) is 18.7 Å². The first-order chi connectivity index (χ1) is 6.97. The van der Waals surface area contributed by atoms with Crippen molar-refractivity contribution in [3.05, 3.63) is 0 Å². The van der Waals surface area contributed by atoms with Gasteiger partial charge in [-0.05, 0) is 13.8 Å². The maximum atomic E-state index is 10.4. The van der Waals surface area contributed by atoms with Gasteiger partial charge in [0.05, 0.1) is 24.7 Å². The molecule has 15 heavy (non-hydrogen) atoms. The molecular formula is C10H19NO4. The predicted molar refractivity (Wildman–Crippen MR) is 54.7 cm³/mol. The van der Waals surface area contributed by atoms with Gasteiger partial charge >= 0.3 is 5.97 Å². The van der Waals surface area contributed by atoms with Crippen LogP contribution in [0.4, 0.5) is 0 Å². The second kappa shape index (κ2) is 5.44. The number of carboxylic acid groups (broad SMARTS) is 1. The van der Waals surface area contributed by atoms with Crippen molar-refractivity contribution in [2.75, 3.05) is 19.6 Å². The number of carboxylic acids is 1. The van der Waals surface area contributed by atoms with Crippen LogP contribution in [0.5, 0.6) is 0 Å². The molecule has 1 heterocycles. The monoisotopic (exact) mass is 217 g/mol. The summed E-state index contributed by atoms with van der Waals surface area (Å²) in [6, 6.07) is 0. The second-order valence-electron chi connectivity index (χ2n) is 4.23. The van der Waals surface area contributed by atoms with Crippen molar-refractivity contribution in [3.8, 4) is 0 Å². The smallest absolute Gasteiger partial charge is 0.306 e. The van der Waals surface area contributed by atoms with Gasteiger partial charge < -0.3 is 14.9 Å². The molecule has 3 unspecified atom stereocenters. The number of hydrogen-bond acceptors (Lipinski definition) is 4. The number of aliphatic hydroxyl groups excluding tert-OH is 1. The summed E-state index contributed by atoms with van der Waals surface area (Å²) in [5.74, 6) is -0.961. The van der Waals surface area contributed by atoms with Crippen LogP contribution in [-0.2, 0) is 9.53 Å². The number of ether oxygens (including phenoxy) is 1. The Hall–Kier alpha value is -0.650. The standard InChI is InChI=1S/C10H19NO4/c1-7-4-11(5-8(2)15-7)6-9(12)3-10(13)14/h7-9,12H,3-6H2,1-2H3,(H,13,14). The Labute approximate surface area is 89.6 Å². The highest BCUT2D eigenvalue weighted by Crippen LogP contribution is 2.11. The van der Waals surface area contributed by atoms with Crippen LogP contribution >= 0.6 is 0 Å². The lowest BCUT2D eigenvalue weighted by molar-refractivity contribution is -0.139. The van der Waals surface area contributed by atoms with Crippen LogP contribution in [0.2, 0.25) is 0 Å². The fraction of sp³-hybridized carbons (Fsp3) is 0.900. The van der Waals surface area contributed by atoms with E-state index < -0.39 is 12.1 Å². The van der Waals surface area contributed by atoms with E-state index in [9.17, 15) is 9.90 Å². The molecule has 5 nitrogen and oxygen atoms in total. The minimum absolute atomic E-state index is 0.144. The zero-order valence-corrected chi connectivity index (χ0v) is 9.22. The number of carbonyl (C=O) groups is 1. The van der Waals surface area contributed by atoms with Gasteiger partial charge in [-0.25, -0.2) is 0 Å². The van der Waals surface area contributed by atoms with Crippen molar-refractivity contribution in [2.45, 2.75) is 38.6 Å². The number of rotatable bonds is 4. The first kappa shape index (κ1) is 12.4. The van der Waals surface area contributed by atoms with Crippen LogP contribution in [0.25, 0.3) is 0 Å². The zero-order chi connectivity index (χ0) is 11.4. The van der Waals surface area contributed by atoms with Crippen molar-refractivity contribution in [1.82, 2.24) is 4.90 Å². The third-order valence-corrected chi connectivity index (χ3v) is 2.37. The Morgan fingerprint density at radius 1 is 1.47 bits per heavy atom. The molecule has 0 aliphatic carbocycles. The summed E-state index contributed by atoms with van der Waals surface area (Å²) in [6.07, 6.45) is -0.698. The molecule has 88 valence electrons. The summed E-state index contributed by atoms with van der Waals surface area (Å²) in [7, 11) is 0. The number of nitrogens with zero attached hydrogens (tertiary/aromatic N) is 1. The van der Waals surface area contributed by atoms with Gasteiger partial charge in [0, 0.05) is 19.6 Å². The van der Waals surface area contributed by atoms with Crippen molar-refractivity contribution in [1.29, 1.82) is 0 Å². The van der Waals surface area contributed by atoms with Crippen LogP contribution in [0, 0.1) is 0 Å². The molecule has 0 bridgehead atoms. The molecule has 0 aromatic heterocycles. The molecule has 0 radical (unpaired) electrons. The normalized spacial score (nSPS) is 30.1. The molecule has 1 fully saturated rings. The molecule has 3 atom stereocenters. The molecule has 1 aliphatic rings. The highest BCUT2D eigenvalue weighted by molar-refractivity contribution is 5.67. The number of β-amino-alcohol motifs (C(OH)–C–C–N with tert-alkyl or cyclic N) is 1. The molecule has 1 aliphatic heterocycles. The lowest BCUT2D eigenvalue weighted by atomic mass is 10.2. The zero-order valence-electron chi connectivity index (χ0n) is 9.22. The molecule has 2 N–H and O–H groups in total. The van der Waals surface area contributed by atoms with Gasteiger partial charge in [0.1, 0.15) is 0 Å².